The van der Waals surface area contributed by atoms with E-state index >= 15 is 0 Å². The van der Waals surface area contributed by atoms with Gasteiger partial charge in [-0.05, 0) is 18.6 Å². The smallest absolute Gasteiger partial charge is 0.272 e. The third-order valence-corrected chi connectivity index (χ3v) is 5.06. The van der Waals surface area contributed by atoms with Gasteiger partial charge in [0.1, 0.15) is 5.69 Å². The van der Waals surface area contributed by atoms with Crippen LogP contribution in [0.25, 0.3) is 10.9 Å². The highest BCUT2D eigenvalue weighted by atomic mass is 16.5. The zero-order valence-corrected chi connectivity index (χ0v) is 14.2. The van der Waals surface area contributed by atoms with Crippen LogP contribution in [0, 0.1) is 0 Å². The van der Waals surface area contributed by atoms with E-state index in [2.05, 4.69) is 9.88 Å². The minimum absolute atomic E-state index is 0.108. The van der Waals surface area contributed by atoms with E-state index in [9.17, 15) is 9.90 Å². The van der Waals surface area contributed by atoms with Crippen molar-refractivity contribution in [2.45, 2.75) is 12.0 Å². The fraction of sp³-hybridized carbons (Fsp3) is 0.474. The lowest BCUT2D eigenvalue weighted by Gasteiger charge is -2.33. The van der Waals surface area contributed by atoms with Crippen molar-refractivity contribution in [2.75, 3.05) is 45.9 Å². The first-order valence-electron chi connectivity index (χ1n) is 8.81. The molecule has 1 atom stereocenters. The normalized spacial score (nSPS) is 24.8. The number of hydrogen-bond acceptors (Lipinski definition) is 5. The summed E-state index contributed by atoms with van der Waals surface area (Å²) >= 11 is 0. The van der Waals surface area contributed by atoms with Crippen LogP contribution in [0.1, 0.15) is 16.9 Å². The standard InChI is InChI=1S/C19H23N3O3/c23-18(17-6-5-15-3-1-2-4-16(15)20-17)22-8-7-19(24,14-22)13-21-9-11-25-12-10-21/h1-6,24H,7-14H2/t19-/m1/s1. The van der Waals surface area contributed by atoms with E-state index in [0.717, 1.165) is 24.0 Å². The molecule has 2 fully saturated rings. The maximum Gasteiger partial charge on any atom is 0.272 e. The van der Waals surface area contributed by atoms with E-state index in [-0.39, 0.29) is 5.91 Å². The minimum atomic E-state index is -0.843. The molecule has 2 aliphatic rings. The highest BCUT2D eigenvalue weighted by Gasteiger charge is 2.40. The van der Waals surface area contributed by atoms with E-state index in [0.29, 0.717) is 45.0 Å². The van der Waals surface area contributed by atoms with Crippen LogP contribution < -0.4 is 0 Å². The van der Waals surface area contributed by atoms with Gasteiger partial charge in [0.15, 0.2) is 0 Å². The Balaban J connectivity index is 1.45. The molecule has 1 aromatic carbocycles. The second kappa shape index (κ2) is 6.71. The Morgan fingerprint density at radius 1 is 1.16 bits per heavy atom. The van der Waals surface area contributed by atoms with Crippen LogP contribution in [0.4, 0.5) is 0 Å². The molecule has 3 heterocycles. The van der Waals surface area contributed by atoms with Crippen molar-refractivity contribution in [1.82, 2.24) is 14.8 Å². The average Bonchev–Trinajstić information content (AvgIpc) is 3.03. The molecule has 1 aromatic heterocycles. The molecule has 4 rings (SSSR count). The average molecular weight is 341 g/mol. The predicted octanol–water partition coefficient (Wildman–Crippen LogP) is 1.14. The summed E-state index contributed by atoms with van der Waals surface area (Å²) in [5, 5.41) is 11.9. The van der Waals surface area contributed by atoms with Crippen LogP contribution in [-0.2, 0) is 4.74 Å². The molecular formula is C19H23N3O3. The van der Waals surface area contributed by atoms with Crippen LogP contribution in [0.15, 0.2) is 36.4 Å². The molecule has 132 valence electrons. The first-order chi connectivity index (χ1) is 12.1. The number of fused-ring (bicyclic) bond motifs is 1. The Morgan fingerprint density at radius 3 is 2.80 bits per heavy atom. The van der Waals surface area contributed by atoms with Crippen molar-refractivity contribution < 1.29 is 14.6 Å². The number of pyridine rings is 1. The van der Waals surface area contributed by atoms with Crippen LogP contribution in [0.2, 0.25) is 0 Å². The Kier molecular flexibility index (Phi) is 4.41. The Morgan fingerprint density at radius 2 is 1.96 bits per heavy atom. The molecule has 1 amide bonds. The summed E-state index contributed by atoms with van der Waals surface area (Å²) in [6.07, 6.45) is 0.601. The number of para-hydroxylation sites is 1. The second-order valence-electron chi connectivity index (χ2n) is 6.98. The molecule has 0 bridgehead atoms. The number of β-amino-alcohol motifs (C(OH)–C–C–N with tert-alkyl or cyclic N) is 1. The number of morpholine rings is 1. The molecule has 1 N–H and O–H groups in total. The molecule has 0 radical (unpaired) electrons. The number of hydrogen-bond donors (Lipinski definition) is 1. The van der Waals surface area contributed by atoms with Crippen molar-refractivity contribution >= 4 is 16.8 Å². The molecule has 2 saturated heterocycles. The van der Waals surface area contributed by atoms with E-state index in [1.807, 2.05) is 30.3 Å². The number of carbonyl (C=O) groups is 1. The fourth-order valence-electron chi connectivity index (χ4n) is 3.68. The number of likely N-dealkylation sites (tertiary alicyclic amines) is 1. The van der Waals surface area contributed by atoms with Gasteiger partial charge in [0, 0.05) is 31.6 Å². The lowest BCUT2D eigenvalue weighted by atomic mass is 10.0. The molecule has 2 aromatic rings. The monoisotopic (exact) mass is 341 g/mol. The van der Waals surface area contributed by atoms with E-state index in [1.165, 1.54) is 0 Å². The number of aromatic nitrogens is 1. The summed E-state index contributed by atoms with van der Waals surface area (Å²) in [6.45, 7) is 4.60. The summed E-state index contributed by atoms with van der Waals surface area (Å²) < 4.78 is 5.35. The summed E-state index contributed by atoms with van der Waals surface area (Å²) in [5.74, 6) is -0.108. The predicted molar refractivity (Wildman–Crippen MR) is 94.5 cm³/mol. The van der Waals surface area contributed by atoms with Crippen LogP contribution >= 0.6 is 0 Å². The summed E-state index contributed by atoms with van der Waals surface area (Å²) in [7, 11) is 0. The minimum Gasteiger partial charge on any atom is -0.387 e. The topological polar surface area (TPSA) is 65.9 Å². The number of rotatable bonds is 3. The SMILES string of the molecule is O=C(c1ccc2ccccc2n1)N1CC[C@@](O)(CN2CCOCC2)C1. The first-order valence-corrected chi connectivity index (χ1v) is 8.81. The number of nitrogens with zero attached hydrogens (tertiary/aromatic N) is 3. The van der Waals surface area contributed by atoms with Crippen LogP contribution in [0.3, 0.4) is 0 Å². The maximum absolute atomic E-state index is 12.8. The van der Waals surface area contributed by atoms with Crippen molar-refractivity contribution in [3.63, 3.8) is 0 Å². The number of carbonyl (C=O) groups excluding carboxylic acids is 1. The lowest BCUT2D eigenvalue weighted by Crippen LogP contribution is -2.49. The molecule has 0 spiro atoms. The summed E-state index contributed by atoms with van der Waals surface area (Å²) in [4.78, 5) is 21.2. The first kappa shape index (κ1) is 16.4. The van der Waals surface area contributed by atoms with Gasteiger partial charge in [-0.1, -0.05) is 24.3 Å². The zero-order valence-electron chi connectivity index (χ0n) is 14.2. The molecule has 6 nitrogen and oxygen atoms in total. The molecule has 25 heavy (non-hydrogen) atoms. The highest BCUT2D eigenvalue weighted by molar-refractivity contribution is 5.95. The van der Waals surface area contributed by atoms with E-state index in [1.54, 1.807) is 11.0 Å². The zero-order chi connectivity index (χ0) is 17.3. The largest absolute Gasteiger partial charge is 0.387 e. The van der Waals surface area contributed by atoms with Gasteiger partial charge in [0.05, 0.1) is 30.9 Å². The van der Waals surface area contributed by atoms with Gasteiger partial charge in [0.2, 0.25) is 0 Å². The third kappa shape index (κ3) is 3.51. The molecule has 6 heteroatoms. The van der Waals surface area contributed by atoms with Crippen molar-refractivity contribution in [2.24, 2.45) is 0 Å². The molecular weight excluding hydrogens is 318 g/mol. The molecule has 0 unspecified atom stereocenters. The molecule has 0 saturated carbocycles. The Labute approximate surface area is 147 Å². The van der Waals surface area contributed by atoms with Crippen LogP contribution in [-0.4, -0.2) is 77.3 Å². The van der Waals surface area contributed by atoms with Gasteiger partial charge in [-0.15, -0.1) is 0 Å². The number of benzene rings is 1. The fourth-order valence-corrected chi connectivity index (χ4v) is 3.68. The van der Waals surface area contributed by atoms with Crippen LogP contribution in [0.5, 0.6) is 0 Å². The van der Waals surface area contributed by atoms with Gasteiger partial charge in [-0.2, -0.15) is 0 Å². The van der Waals surface area contributed by atoms with Crippen molar-refractivity contribution in [1.29, 1.82) is 0 Å². The van der Waals surface area contributed by atoms with Crippen molar-refractivity contribution in [3.05, 3.63) is 42.1 Å². The van der Waals surface area contributed by atoms with E-state index in [4.69, 9.17) is 4.74 Å². The van der Waals surface area contributed by atoms with Gasteiger partial charge >= 0.3 is 0 Å². The second-order valence-corrected chi connectivity index (χ2v) is 6.98. The maximum atomic E-state index is 12.8. The van der Waals surface area contributed by atoms with Gasteiger partial charge in [-0.3, -0.25) is 9.69 Å². The van der Waals surface area contributed by atoms with E-state index < -0.39 is 5.60 Å². The Bertz CT molecular complexity index is 775. The summed E-state index contributed by atoms with van der Waals surface area (Å²) in [6, 6.07) is 11.5. The number of aliphatic hydroxyl groups is 1. The third-order valence-electron chi connectivity index (χ3n) is 5.06. The molecule has 2 aliphatic heterocycles. The van der Waals surface area contributed by atoms with Gasteiger partial charge in [-0.25, -0.2) is 4.98 Å². The summed E-state index contributed by atoms with van der Waals surface area (Å²) in [5.41, 5.74) is 0.412. The van der Waals surface area contributed by atoms with Crippen molar-refractivity contribution in [3.8, 4) is 0 Å². The van der Waals surface area contributed by atoms with Gasteiger partial charge < -0.3 is 14.7 Å². The lowest BCUT2D eigenvalue weighted by molar-refractivity contribution is -0.0257. The molecule has 0 aliphatic carbocycles. The number of ether oxygens (including phenoxy) is 1. The quantitative estimate of drug-likeness (QED) is 0.907. The number of amides is 1. The Hall–Kier alpha value is -2.02. The van der Waals surface area contributed by atoms with Gasteiger partial charge in [0.25, 0.3) is 5.91 Å². The highest BCUT2D eigenvalue weighted by Crippen LogP contribution is 2.24.